The van der Waals surface area contributed by atoms with E-state index in [1.165, 1.54) is 10.3 Å². The van der Waals surface area contributed by atoms with Crippen molar-refractivity contribution >= 4 is 38.3 Å². The summed E-state index contributed by atoms with van der Waals surface area (Å²) in [6.45, 7) is 8.15. The fourth-order valence-corrected chi connectivity index (χ4v) is 4.69. The van der Waals surface area contributed by atoms with Crippen LogP contribution in [0.1, 0.15) is 18.1 Å². The molecule has 1 aromatic heterocycles. The number of piperazine rings is 1. The highest BCUT2D eigenvalue weighted by Gasteiger charge is 2.21. The molecule has 2 aromatic carbocycles. The highest BCUT2D eigenvalue weighted by molar-refractivity contribution is 7.22. The number of benzene rings is 2. The van der Waals surface area contributed by atoms with Gasteiger partial charge in [-0.25, -0.2) is 4.98 Å². The van der Waals surface area contributed by atoms with Crippen LogP contribution >= 0.6 is 11.3 Å². The molecule has 1 saturated heterocycles. The number of carbonyl (C=O) groups is 1. The Morgan fingerprint density at radius 1 is 1.11 bits per heavy atom. The van der Waals surface area contributed by atoms with E-state index >= 15 is 0 Å². The number of para-hydroxylation sites is 2. The lowest BCUT2D eigenvalue weighted by atomic mass is 10.1. The lowest BCUT2D eigenvalue weighted by Crippen LogP contribution is -2.48. The minimum atomic E-state index is 0.0671. The van der Waals surface area contributed by atoms with E-state index < -0.39 is 0 Å². The van der Waals surface area contributed by atoms with Crippen LogP contribution in [0.2, 0.25) is 0 Å². The van der Waals surface area contributed by atoms with E-state index in [2.05, 4.69) is 46.3 Å². The van der Waals surface area contributed by atoms with Crippen LogP contribution in [0.3, 0.4) is 0 Å². The highest BCUT2D eigenvalue weighted by Crippen LogP contribution is 2.29. The van der Waals surface area contributed by atoms with Crippen molar-refractivity contribution in [2.45, 2.75) is 20.3 Å². The largest absolute Gasteiger partial charge is 0.345 e. The van der Waals surface area contributed by atoms with Gasteiger partial charge in [0.25, 0.3) is 0 Å². The second-order valence-corrected chi connectivity index (χ2v) is 8.25. The van der Waals surface area contributed by atoms with Gasteiger partial charge >= 0.3 is 0 Å². The summed E-state index contributed by atoms with van der Waals surface area (Å²) in [4.78, 5) is 21.9. The molecule has 0 radical (unpaired) electrons. The summed E-state index contributed by atoms with van der Waals surface area (Å²) in [6, 6.07) is 14.4. The molecule has 0 atom stereocenters. The van der Waals surface area contributed by atoms with Crippen molar-refractivity contribution in [1.29, 1.82) is 0 Å². The van der Waals surface area contributed by atoms with Gasteiger partial charge in [0, 0.05) is 31.9 Å². The Morgan fingerprint density at radius 2 is 1.89 bits per heavy atom. The molecule has 0 saturated carbocycles. The van der Waals surface area contributed by atoms with Crippen LogP contribution in [0.25, 0.3) is 10.2 Å². The zero-order valence-electron chi connectivity index (χ0n) is 16.4. The van der Waals surface area contributed by atoms with Gasteiger partial charge < -0.3 is 10.2 Å². The Balaban J connectivity index is 1.33. The second kappa shape index (κ2) is 8.29. The van der Waals surface area contributed by atoms with Crippen LogP contribution in [0.4, 0.5) is 10.8 Å². The molecule has 3 aromatic rings. The van der Waals surface area contributed by atoms with Gasteiger partial charge in [-0.1, -0.05) is 48.6 Å². The molecule has 1 N–H and O–H groups in total. The number of rotatable bonds is 5. The summed E-state index contributed by atoms with van der Waals surface area (Å²) in [7, 11) is 0. The zero-order valence-corrected chi connectivity index (χ0v) is 17.3. The molecule has 1 amide bonds. The van der Waals surface area contributed by atoms with Crippen molar-refractivity contribution in [2.24, 2.45) is 0 Å². The third-order valence-corrected chi connectivity index (χ3v) is 6.39. The molecule has 1 aliphatic heterocycles. The monoisotopic (exact) mass is 394 g/mol. The third kappa shape index (κ3) is 4.03. The number of nitrogens with one attached hydrogen (secondary N) is 1. The van der Waals surface area contributed by atoms with Crippen LogP contribution in [-0.4, -0.2) is 48.5 Å². The Kier molecular flexibility index (Phi) is 5.59. The van der Waals surface area contributed by atoms with Gasteiger partial charge in [-0.15, -0.1) is 0 Å². The van der Waals surface area contributed by atoms with E-state index in [1.807, 2.05) is 25.1 Å². The molecule has 0 unspecified atom stereocenters. The van der Waals surface area contributed by atoms with Crippen molar-refractivity contribution in [3.05, 3.63) is 53.6 Å². The predicted molar refractivity (Wildman–Crippen MR) is 117 cm³/mol. The van der Waals surface area contributed by atoms with Crippen molar-refractivity contribution < 1.29 is 4.79 Å². The van der Waals surface area contributed by atoms with Crippen LogP contribution < -0.4 is 10.2 Å². The molecule has 1 aliphatic rings. The fourth-order valence-electron chi connectivity index (χ4n) is 3.68. The zero-order chi connectivity index (χ0) is 19.5. The van der Waals surface area contributed by atoms with Crippen LogP contribution in [0.5, 0.6) is 0 Å². The molecule has 5 nitrogen and oxygen atoms in total. The topological polar surface area (TPSA) is 48.5 Å². The maximum absolute atomic E-state index is 12.6. The average Bonchev–Trinajstić information content (AvgIpc) is 3.14. The van der Waals surface area contributed by atoms with Crippen LogP contribution in [-0.2, 0) is 11.2 Å². The van der Waals surface area contributed by atoms with Gasteiger partial charge in [0.1, 0.15) is 0 Å². The number of amides is 1. The third-order valence-electron chi connectivity index (χ3n) is 5.30. The first kappa shape index (κ1) is 18.9. The lowest BCUT2D eigenvalue weighted by molar-refractivity contribution is -0.117. The van der Waals surface area contributed by atoms with E-state index in [0.717, 1.165) is 54.5 Å². The quantitative estimate of drug-likeness (QED) is 0.712. The minimum absolute atomic E-state index is 0.0671. The molecule has 0 spiro atoms. The normalized spacial score (nSPS) is 15.1. The Morgan fingerprint density at radius 3 is 2.64 bits per heavy atom. The summed E-state index contributed by atoms with van der Waals surface area (Å²) in [6.07, 6.45) is 0.915. The van der Waals surface area contributed by atoms with E-state index in [1.54, 1.807) is 11.3 Å². The van der Waals surface area contributed by atoms with Crippen LogP contribution in [0, 0.1) is 6.92 Å². The smallest absolute Gasteiger partial charge is 0.238 e. The number of carbonyl (C=O) groups excluding carboxylic acids is 1. The average molecular weight is 395 g/mol. The number of aromatic nitrogens is 1. The van der Waals surface area contributed by atoms with Crippen molar-refractivity contribution in [1.82, 2.24) is 9.88 Å². The first-order valence-electron chi connectivity index (χ1n) is 9.85. The molecular weight excluding hydrogens is 368 g/mol. The van der Waals surface area contributed by atoms with Gasteiger partial charge in [0.05, 0.1) is 16.8 Å². The fraction of sp³-hybridized carbons (Fsp3) is 0.364. The highest BCUT2D eigenvalue weighted by atomic mass is 32.1. The maximum Gasteiger partial charge on any atom is 0.238 e. The van der Waals surface area contributed by atoms with E-state index in [0.29, 0.717) is 6.54 Å². The number of hydrogen-bond acceptors (Lipinski definition) is 5. The van der Waals surface area contributed by atoms with Crippen molar-refractivity contribution in [2.75, 3.05) is 42.9 Å². The molecule has 1 fully saturated rings. The van der Waals surface area contributed by atoms with Gasteiger partial charge in [0.2, 0.25) is 5.91 Å². The predicted octanol–water partition coefficient (Wildman–Crippen LogP) is 3.93. The van der Waals surface area contributed by atoms with Crippen molar-refractivity contribution in [3.63, 3.8) is 0 Å². The van der Waals surface area contributed by atoms with Gasteiger partial charge in [-0.2, -0.15) is 0 Å². The molecule has 0 bridgehead atoms. The first-order chi connectivity index (χ1) is 13.6. The molecular formula is C22H26N4OS. The summed E-state index contributed by atoms with van der Waals surface area (Å²) in [5.41, 5.74) is 4.35. The summed E-state index contributed by atoms with van der Waals surface area (Å²) < 4.78 is 1.23. The number of anilines is 2. The molecule has 2 heterocycles. The molecule has 6 heteroatoms. The SMILES string of the molecule is CCc1cccc(C)c1NC(=O)CN1CCN(c2nc3ccccc3s2)CC1. The van der Waals surface area contributed by atoms with Gasteiger partial charge in [-0.3, -0.25) is 9.69 Å². The Bertz CT molecular complexity index is 943. The second-order valence-electron chi connectivity index (χ2n) is 7.24. The number of hydrogen-bond donors (Lipinski definition) is 1. The summed E-state index contributed by atoms with van der Waals surface area (Å²) >= 11 is 1.74. The summed E-state index contributed by atoms with van der Waals surface area (Å²) in [5, 5.41) is 4.21. The number of fused-ring (bicyclic) bond motifs is 1. The molecule has 28 heavy (non-hydrogen) atoms. The van der Waals surface area contributed by atoms with E-state index in [-0.39, 0.29) is 5.91 Å². The standard InChI is InChI=1S/C22H26N4OS/c1-3-17-8-6-7-16(2)21(17)24-20(27)15-25-11-13-26(14-12-25)22-23-18-9-4-5-10-19(18)28-22/h4-10H,3,11-15H2,1-2H3,(H,24,27). The number of thiazole rings is 1. The first-order valence-corrected chi connectivity index (χ1v) is 10.7. The van der Waals surface area contributed by atoms with Gasteiger partial charge in [-0.05, 0) is 36.6 Å². The number of nitrogens with zero attached hydrogens (tertiary/aromatic N) is 3. The van der Waals surface area contributed by atoms with Crippen LogP contribution in [0.15, 0.2) is 42.5 Å². The molecule has 4 rings (SSSR count). The van der Waals surface area contributed by atoms with Crippen molar-refractivity contribution in [3.8, 4) is 0 Å². The molecule has 0 aliphatic carbocycles. The molecule has 146 valence electrons. The summed E-state index contributed by atoms with van der Waals surface area (Å²) in [5.74, 6) is 0.0671. The maximum atomic E-state index is 12.6. The minimum Gasteiger partial charge on any atom is -0.345 e. The van der Waals surface area contributed by atoms with Gasteiger partial charge in [0.15, 0.2) is 5.13 Å². The Labute approximate surface area is 170 Å². The van der Waals surface area contributed by atoms with E-state index in [9.17, 15) is 4.79 Å². The lowest BCUT2D eigenvalue weighted by Gasteiger charge is -2.34. The Hall–Kier alpha value is -2.44. The number of aryl methyl sites for hydroxylation is 2. The van der Waals surface area contributed by atoms with E-state index in [4.69, 9.17) is 4.98 Å².